The zero-order chi connectivity index (χ0) is 18.9. The smallest absolute Gasteiger partial charge is 0.339 e. The number of halogens is 3. The Balaban J connectivity index is 1.46. The first kappa shape index (κ1) is 17.7. The summed E-state index contributed by atoms with van der Waals surface area (Å²) in [5.41, 5.74) is 0.702. The number of aromatic nitrogens is 3. The molecule has 1 atom stereocenters. The molecule has 1 aliphatic rings. The van der Waals surface area contributed by atoms with E-state index in [1.165, 1.54) is 6.07 Å². The molecule has 27 heavy (non-hydrogen) atoms. The highest BCUT2D eigenvalue weighted by Crippen LogP contribution is 2.32. The number of nitrogens with zero attached hydrogens (tertiary/aromatic N) is 4. The molecule has 1 saturated heterocycles. The van der Waals surface area contributed by atoms with Gasteiger partial charge in [0.15, 0.2) is 0 Å². The van der Waals surface area contributed by atoms with Crippen LogP contribution in [0.15, 0.2) is 53.3 Å². The molecule has 0 bridgehead atoms. The Hall–Kier alpha value is -2.74. The largest absolute Gasteiger partial charge is 0.416 e. The quantitative estimate of drug-likeness (QED) is 0.687. The molecular weight excluding hydrogens is 357 g/mol. The van der Waals surface area contributed by atoms with Crippen molar-refractivity contribution in [3.8, 4) is 11.4 Å². The van der Waals surface area contributed by atoms with Crippen LogP contribution in [0.2, 0.25) is 0 Å². The van der Waals surface area contributed by atoms with Crippen LogP contribution in [0.5, 0.6) is 0 Å². The lowest BCUT2D eigenvalue weighted by molar-refractivity contribution is -0.137. The van der Waals surface area contributed by atoms with E-state index in [1.54, 1.807) is 12.3 Å². The molecule has 0 unspecified atom stereocenters. The maximum Gasteiger partial charge on any atom is 0.416 e. The average Bonchev–Trinajstić information content (AvgIpc) is 3.31. The molecule has 1 aromatic carbocycles. The van der Waals surface area contributed by atoms with E-state index >= 15 is 0 Å². The molecule has 1 fully saturated rings. The number of hydrogen-bond donors (Lipinski definition) is 0. The third kappa shape index (κ3) is 4.00. The highest BCUT2D eigenvalue weighted by Gasteiger charge is 2.31. The topological polar surface area (TPSA) is 55.1 Å². The van der Waals surface area contributed by atoms with Gasteiger partial charge in [0.25, 0.3) is 0 Å². The maximum absolute atomic E-state index is 12.9. The summed E-state index contributed by atoms with van der Waals surface area (Å²) in [6.45, 7) is 2.44. The molecule has 2 aromatic heterocycles. The molecule has 5 nitrogen and oxygen atoms in total. The maximum atomic E-state index is 12.9. The van der Waals surface area contributed by atoms with Crippen LogP contribution in [0.25, 0.3) is 11.4 Å². The summed E-state index contributed by atoms with van der Waals surface area (Å²) in [7, 11) is 0. The molecule has 8 heteroatoms. The first-order chi connectivity index (χ1) is 13.0. The highest BCUT2D eigenvalue weighted by atomic mass is 19.4. The molecule has 0 spiro atoms. The monoisotopic (exact) mass is 374 g/mol. The second-order valence-corrected chi connectivity index (χ2v) is 6.62. The second-order valence-electron chi connectivity index (χ2n) is 6.62. The third-order valence-electron chi connectivity index (χ3n) is 4.64. The lowest BCUT2D eigenvalue weighted by Gasteiger charge is -2.14. The number of likely N-dealkylation sites (tertiary alicyclic amines) is 1. The van der Waals surface area contributed by atoms with Crippen LogP contribution < -0.4 is 0 Å². The van der Waals surface area contributed by atoms with E-state index in [0.29, 0.717) is 11.5 Å². The normalized spacial score (nSPS) is 18.1. The van der Waals surface area contributed by atoms with E-state index in [1.807, 2.05) is 18.3 Å². The third-order valence-corrected chi connectivity index (χ3v) is 4.64. The lowest BCUT2D eigenvalue weighted by atomic mass is 10.1. The number of benzene rings is 1. The first-order valence-corrected chi connectivity index (χ1v) is 8.61. The van der Waals surface area contributed by atoms with E-state index in [4.69, 9.17) is 4.52 Å². The summed E-state index contributed by atoms with van der Waals surface area (Å²) in [6.07, 6.45) is 0.0428. The number of alkyl halides is 3. The molecular formula is C19H17F3N4O. The summed E-state index contributed by atoms with van der Waals surface area (Å²) < 4.78 is 44.0. The van der Waals surface area contributed by atoms with E-state index in [0.717, 1.165) is 43.8 Å². The first-order valence-electron chi connectivity index (χ1n) is 8.61. The van der Waals surface area contributed by atoms with Gasteiger partial charge in [0.05, 0.1) is 11.5 Å². The van der Waals surface area contributed by atoms with E-state index in [2.05, 4.69) is 20.0 Å². The molecule has 0 saturated carbocycles. The standard InChI is InChI=1S/C19H17F3N4O/c20-19(21,22)16-5-1-4-14(9-16)17-24-18(27-25-17)15-6-8-26(12-15)11-13-3-2-7-23-10-13/h1-5,7,9-10,15H,6,8,11-12H2/t15-/m0/s1. The fourth-order valence-electron chi connectivity index (χ4n) is 3.28. The van der Waals surface area contributed by atoms with Crippen molar-refractivity contribution < 1.29 is 17.7 Å². The van der Waals surface area contributed by atoms with Crippen LogP contribution in [0, 0.1) is 0 Å². The van der Waals surface area contributed by atoms with Crippen LogP contribution in [0.4, 0.5) is 13.2 Å². The molecule has 0 N–H and O–H groups in total. The predicted molar refractivity (Wildman–Crippen MR) is 91.6 cm³/mol. The van der Waals surface area contributed by atoms with Crippen LogP contribution in [-0.2, 0) is 12.7 Å². The fraction of sp³-hybridized carbons (Fsp3) is 0.316. The molecule has 0 radical (unpaired) electrons. The predicted octanol–water partition coefficient (Wildman–Crippen LogP) is 4.14. The molecule has 0 aliphatic carbocycles. The Morgan fingerprint density at radius 2 is 2.07 bits per heavy atom. The van der Waals surface area contributed by atoms with Crippen LogP contribution in [0.1, 0.15) is 29.4 Å². The van der Waals surface area contributed by atoms with Gasteiger partial charge in [-0.2, -0.15) is 18.2 Å². The van der Waals surface area contributed by atoms with Gasteiger partial charge in [-0.15, -0.1) is 0 Å². The van der Waals surface area contributed by atoms with Gasteiger partial charge in [-0.05, 0) is 36.7 Å². The molecule has 1 aliphatic heterocycles. The van der Waals surface area contributed by atoms with Gasteiger partial charge in [0.1, 0.15) is 0 Å². The van der Waals surface area contributed by atoms with Gasteiger partial charge < -0.3 is 4.52 Å². The molecule has 3 heterocycles. The van der Waals surface area contributed by atoms with Gasteiger partial charge in [-0.1, -0.05) is 23.4 Å². The van der Waals surface area contributed by atoms with Crippen molar-refractivity contribution in [2.75, 3.05) is 13.1 Å². The molecule has 0 amide bonds. The Morgan fingerprint density at radius 3 is 2.85 bits per heavy atom. The second kappa shape index (κ2) is 7.11. The summed E-state index contributed by atoms with van der Waals surface area (Å²) in [5.74, 6) is 0.728. The van der Waals surface area contributed by atoms with Crippen LogP contribution >= 0.6 is 0 Å². The summed E-state index contributed by atoms with van der Waals surface area (Å²) in [4.78, 5) is 10.7. The van der Waals surface area contributed by atoms with Crippen LogP contribution in [-0.4, -0.2) is 33.1 Å². The number of rotatable bonds is 4. The van der Waals surface area contributed by atoms with Gasteiger partial charge in [-0.3, -0.25) is 9.88 Å². The Labute approximate surface area is 153 Å². The van der Waals surface area contributed by atoms with Crippen LogP contribution in [0.3, 0.4) is 0 Å². The lowest BCUT2D eigenvalue weighted by Crippen LogP contribution is -2.19. The fourth-order valence-corrected chi connectivity index (χ4v) is 3.28. The van der Waals surface area contributed by atoms with Crippen molar-refractivity contribution in [1.82, 2.24) is 20.0 Å². The van der Waals surface area contributed by atoms with Crippen molar-refractivity contribution in [2.45, 2.75) is 25.1 Å². The zero-order valence-electron chi connectivity index (χ0n) is 14.4. The summed E-state index contributed by atoms with van der Waals surface area (Å²) in [5, 5.41) is 3.88. The van der Waals surface area contributed by atoms with Gasteiger partial charge >= 0.3 is 6.18 Å². The van der Waals surface area contributed by atoms with Gasteiger partial charge in [0.2, 0.25) is 11.7 Å². The van der Waals surface area contributed by atoms with Gasteiger partial charge in [-0.25, -0.2) is 0 Å². The van der Waals surface area contributed by atoms with E-state index in [9.17, 15) is 13.2 Å². The molecule has 3 aromatic rings. The summed E-state index contributed by atoms with van der Waals surface area (Å²) in [6, 6.07) is 8.89. The van der Waals surface area contributed by atoms with Crippen molar-refractivity contribution in [3.63, 3.8) is 0 Å². The zero-order valence-corrected chi connectivity index (χ0v) is 14.4. The highest BCUT2D eigenvalue weighted by molar-refractivity contribution is 5.55. The minimum absolute atomic E-state index is 0.0775. The van der Waals surface area contributed by atoms with E-state index in [-0.39, 0.29) is 11.7 Å². The Kier molecular flexibility index (Phi) is 4.65. The van der Waals surface area contributed by atoms with Crippen molar-refractivity contribution in [2.24, 2.45) is 0 Å². The van der Waals surface area contributed by atoms with Crippen molar-refractivity contribution in [3.05, 3.63) is 65.8 Å². The number of pyridine rings is 1. The summed E-state index contributed by atoms with van der Waals surface area (Å²) >= 11 is 0. The Bertz CT molecular complexity index is 911. The molecule has 140 valence electrons. The van der Waals surface area contributed by atoms with Crippen molar-refractivity contribution in [1.29, 1.82) is 0 Å². The van der Waals surface area contributed by atoms with Gasteiger partial charge in [0, 0.05) is 31.0 Å². The molecule has 4 rings (SSSR count). The average molecular weight is 374 g/mol. The minimum atomic E-state index is -4.40. The Morgan fingerprint density at radius 1 is 1.19 bits per heavy atom. The van der Waals surface area contributed by atoms with E-state index < -0.39 is 11.7 Å². The number of hydrogen-bond acceptors (Lipinski definition) is 5. The van der Waals surface area contributed by atoms with Crippen molar-refractivity contribution >= 4 is 0 Å². The SMILES string of the molecule is FC(F)(F)c1cccc(-c2noc([C@H]3CCN(Cc4cccnc4)C3)n2)c1. The minimum Gasteiger partial charge on any atom is -0.339 e.